The summed E-state index contributed by atoms with van der Waals surface area (Å²) in [7, 11) is 1.58. The minimum Gasteiger partial charge on any atom is -0.349 e. The van der Waals surface area contributed by atoms with Gasteiger partial charge in [0.25, 0.3) is 11.6 Å². The van der Waals surface area contributed by atoms with Crippen LogP contribution in [0, 0.1) is 10.1 Å². The maximum absolute atomic E-state index is 11.6. The second-order valence-corrected chi connectivity index (χ2v) is 4.19. The van der Waals surface area contributed by atoms with E-state index in [1.165, 1.54) is 16.8 Å². The van der Waals surface area contributed by atoms with Crippen LogP contribution in [0.3, 0.4) is 0 Å². The van der Waals surface area contributed by atoms with E-state index in [9.17, 15) is 14.9 Å². The lowest BCUT2D eigenvalue weighted by Gasteiger charge is -2.06. The van der Waals surface area contributed by atoms with E-state index in [0.29, 0.717) is 6.54 Å². The van der Waals surface area contributed by atoms with Crippen molar-refractivity contribution in [1.82, 2.24) is 9.88 Å². The highest BCUT2D eigenvalue weighted by atomic mass is 35.5. The third-order valence-electron chi connectivity index (χ3n) is 1.98. The molecule has 6 nitrogen and oxygen atoms in total. The van der Waals surface area contributed by atoms with E-state index >= 15 is 0 Å². The van der Waals surface area contributed by atoms with E-state index in [1.807, 2.05) is 0 Å². The standard InChI is InChI=1S/C9H12ClN3O3/c1-6(10)4-11-9(14)8-3-7(13(15)16)5-12(8)2/h3,5-6H,4H2,1-2H3,(H,11,14). The van der Waals surface area contributed by atoms with Gasteiger partial charge < -0.3 is 9.88 Å². The number of rotatable bonds is 4. The molecule has 7 heteroatoms. The number of carbonyl (C=O) groups is 1. The molecular weight excluding hydrogens is 234 g/mol. The number of carbonyl (C=O) groups excluding carboxylic acids is 1. The Bertz CT molecular complexity index is 414. The quantitative estimate of drug-likeness (QED) is 0.493. The fourth-order valence-corrected chi connectivity index (χ4v) is 1.27. The zero-order valence-corrected chi connectivity index (χ0v) is 9.69. The van der Waals surface area contributed by atoms with Gasteiger partial charge in [-0.15, -0.1) is 11.6 Å². The highest BCUT2D eigenvalue weighted by Gasteiger charge is 2.17. The Morgan fingerprint density at radius 3 is 2.81 bits per heavy atom. The Morgan fingerprint density at radius 1 is 1.75 bits per heavy atom. The third kappa shape index (κ3) is 2.96. The Labute approximate surface area is 97.3 Å². The molecule has 0 fully saturated rings. The molecule has 0 saturated heterocycles. The molecule has 88 valence electrons. The molecule has 0 bridgehead atoms. The van der Waals surface area contributed by atoms with Gasteiger partial charge in [0, 0.05) is 25.0 Å². The normalized spacial score (nSPS) is 12.2. The number of nitrogens with one attached hydrogen (secondary N) is 1. The van der Waals surface area contributed by atoms with Crippen LogP contribution in [0.4, 0.5) is 5.69 Å². The van der Waals surface area contributed by atoms with Gasteiger partial charge in [-0.05, 0) is 6.92 Å². The van der Waals surface area contributed by atoms with Crippen LogP contribution in [0.15, 0.2) is 12.3 Å². The van der Waals surface area contributed by atoms with Crippen LogP contribution in [0.2, 0.25) is 0 Å². The fourth-order valence-electron chi connectivity index (χ4n) is 1.20. The van der Waals surface area contributed by atoms with Gasteiger partial charge in [-0.25, -0.2) is 0 Å². The van der Waals surface area contributed by atoms with E-state index in [1.54, 1.807) is 14.0 Å². The zero-order valence-electron chi connectivity index (χ0n) is 8.94. The number of aromatic nitrogens is 1. The second-order valence-electron chi connectivity index (χ2n) is 3.44. The smallest absolute Gasteiger partial charge is 0.287 e. The molecule has 1 heterocycles. The second kappa shape index (κ2) is 4.98. The average Bonchev–Trinajstić information content (AvgIpc) is 2.57. The molecule has 1 N–H and O–H groups in total. The molecule has 0 aliphatic carbocycles. The van der Waals surface area contributed by atoms with Gasteiger partial charge in [0.15, 0.2) is 0 Å². The summed E-state index contributed by atoms with van der Waals surface area (Å²) in [5, 5.41) is 12.9. The van der Waals surface area contributed by atoms with E-state index in [0.717, 1.165) is 0 Å². The number of aryl methyl sites for hydroxylation is 1. The molecule has 1 atom stereocenters. The summed E-state index contributed by atoms with van der Waals surface area (Å²) in [5.74, 6) is -0.372. The van der Waals surface area contributed by atoms with Crippen molar-refractivity contribution in [3.05, 3.63) is 28.1 Å². The van der Waals surface area contributed by atoms with Crippen LogP contribution >= 0.6 is 11.6 Å². The molecule has 1 amide bonds. The van der Waals surface area contributed by atoms with Crippen LogP contribution in [0.25, 0.3) is 0 Å². The summed E-state index contributed by atoms with van der Waals surface area (Å²) in [6, 6.07) is 1.23. The molecule has 1 rings (SSSR count). The Hall–Kier alpha value is -1.56. The summed E-state index contributed by atoms with van der Waals surface area (Å²) in [6.07, 6.45) is 1.29. The molecular formula is C9H12ClN3O3. The predicted molar refractivity (Wildman–Crippen MR) is 59.7 cm³/mol. The van der Waals surface area contributed by atoms with Crippen LogP contribution in [-0.2, 0) is 7.05 Å². The largest absolute Gasteiger partial charge is 0.349 e. The molecule has 0 aliphatic rings. The fraction of sp³-hybridized carbons (Fsp3) is 0.444. The van der Waals surface area contributed by atoms with Gasteiger partial charge in [0.2, 0.25) is 0 Å². The summed E-state index contributed by atoms with van der Waals surface area (Å²) in [5.41, 5.74) is 0.135. The van der Waals surface area contributed by atoms with Gasteiger partial charge >= 0.3 is 0 Å². The van der Waals surface area contributed by atoms with Crippen LogP contribution in [0.5, 0.6) is 0 Å². The molecule has 0 spiro atoms. The first kappa shape index (κ1) is 12.5. The number of hydrogen-bond acceptors (Lipinski definition) is 3. The number of amides is 1. The highest BCUT2D eigenvalue weighted by Crippen LogP contribution is 2.14. The first-order valence-corrected chi connectivity index (χ1v) is 5.08. The number of nitro groups is 1. The minimum atomic E-state index is -0.541. The SMILES string of the molecule is CC(Cl)CNC(=O)c1cc([N+](=O)[O-])cn1C. The first-order valence-electron chi connectivity index (χ1n) is 4.65. The average molecular weight is 246 g/mol. The van der Waals surface area contributed by atoms with Gasteiger partial charge in [-0.1, -0.05) is 0 Å². The summed E-state index contributed by atoms with van der Waals surface area (Å²) < 4.78 is 1.41. The molecule has 1 unspecified atom stereocenters. The molecule has 1 aromatic rings. The van der Waals surface area contributed by atoms with E-state index < -0.39 is 4.92 Å². The predicted octanol–water partition coefficient (Wildman–Crippen LogP) is 1.29. The summed E-state index contributed by atoms with van der Waals surface area (Å²) in [4.78, 5) is 21.5. The van der Waals surface area contributed by atoms with Crippen LogP contribution in [0.1, 0.15) is 17.4 Å². The van der Waals surface area contributed by atoms with Crippen molar-refractivity contribution in [3.63, 3.8) is 0 Å². The Kier molecular flexibility index (Phi) is 3.89. The maximum Gasteiger partial charge on any atom is 0.287 e. The Morgan fingerprint density at radius 2 is 2.38 bits per heavy atom. The van der Waals surface area contributed by atoms with Crippen molar-refractivity contribution in [1.29, 1.82) is 0 Å². The van der Waals surface area contributed by atoms with Crippen molar-refractivity contribution in [2.24, 2.45) is 7.05 Å². The monoisotopic (exact) mass is 245 g/mol. The molecule has 16 heavy (non-hydrogen) atoms. The molecule has 0 radical (unpaired) electrons. The van der Waals surface area contributed by atoms with Crippen molar-refractivity contribution in [2.75, 3.05) is 6.54 Å². The van der Waals surface area contributed by atoms with E-state index in [2.05, 4.69) is 5.32 Å². The summed E-state index contributed by atoms with van der Waals surface area (Å²) >= 11 is 5.67. The molecule has 1 aromatic heterocycles. The lowest BCUT2D eigenvalue weighted by molar-refractivity contribution is -0.384. The third-order valence-corrected chi connectivity index (χ3v) is 2.13. The van der Waals surface area contributed by atoms with Crippen molar-refractivity contribution >= 4 is 23.2 Å². The van der Waals surface area contributed by atoms with Gasteiger partial charge in [0.05, 0.1) is 11.1 Å². The molecule has 0 aliphatic heterocycles. The maximum atomic E-state index is 11.6. The first-order chi connectivity index (χ1) is 7.41. The number of nitrogens with zero attached hydrogens (tertiary/aromatic N) is 2. The van der Waals surface area contributed by atoms with Crippen LogP contribution < -0.4 is 5.32 Å². The van der Waals surface area contributed by atoms with Gasteiger partial charge in [-0.2, -0.15) is 0 Å². The number of alkyl halides is 1. The number of hydrogen-bond donors (Lipinski definition) is 1. The van der Waals surface area contributed by atoms with Gasteiger partial charge in [0.1, 0.15) is 5.69 Å². The number of halogens is 1. The van der Waals surface area contributed by atoms with Crippen molar-refractivity contribution in [2.45, 2.75) is 12.3 Å². The lowest BCUT2D eigenvalue weighted by atomic mass is 10.3. The minimum absolute atomic E-state index is 0.105. The topological polar surface area (TPSA) is 77.2 Å². The molecule has 0 aromatic carbocycles. The van der Waals surface area contributed by atoms with Crippen molar-refractivity contribution < 1.29 is 9.72 Å². The zero-order chi connectivity index (χ0) is 12.3. The highest BCUT2D eigenvalue weighted by molar-refractivity contribution is 6.20. The van der Waals surface area contributed by atoms with Crippen LogP contribution in [-0.4, -0.2) is 27.3 Å². The van der Waals surface area contributed by atoms with Crippen molar-refractivity contribution in [3.8, 4) is 0 Å². The molecule has 0 saturated carbocycles. The summed E-state index contributed by atoms with van der Waals surface area (Å²) in [6.45, 7) is 2.06. The van der Waals surface area contributed by atoms with Gasteiger partial charge in [-0.3, -0.25) is 14.9 Å². The Balaban J connectivity index is 2.79. The van der Waals surface area contributed by atoms with E-state index in [-0.39, 0.29) is 22.7 Å². The van der Waals surface area contributed by atoms with E-state index in [4.69, 9.17) is 11.6 Å². The lowest BCUT2D eigenvalue weighted by Crippen LogP contribution is -2.29.